The fraction of sp³-hybridized carbons (Fsp3) is 0.714. The SMILES string of the molecule is O=C=NCNC(=O)NC(CO)(CO)CO. The first-order valence-corrected chi connectivity index (χ1v) is 4.06. The fourth-order valence-electron chi connectivity index (χ4n) is 0.697. The van der Waals surface area contributed by atoms with Gasteiger partial charge in [-0.25, -0.2) is 9.59 Å². The molecule has 0 aliphatic carbocycles. The molecule has 0 heterocycles. The summed E-state index contributed by atoms with van der Waals surface area (Å²) in [6, 6.07) is -0.772. The third-order valence-corrected chi connectivity index (χ3v) is 1.67. The van der Waals surface area contributed by atoms with Crippen LogP contribution in [0.3, 0.4) is 0 Å². The molecule has 8 nitrogen and oxygen atoms in total. The van der Waals surface area contributed by atoms with Crippen molar-refractivity contribution < 1.29 is 24.9 Å². The molecule has 0 rings (SSSR count). The van der Waals surface area contributed by atoms with Gasteiger partial charge in [0.1, 0.15) is 12.2 Å². The van der Waals surface area contributed by atoms with E-state index in [9.17, 15) is 9.59 Å². The Morgan fingerprint density at radius 2 is 1.80 bits per heavy atom. The van der Waals surface area contributed by atoms with Gasteiger partial charge in [-0.05, 0) is 0 Å². The van der Waals surface area contributed by atoms with Crippen LogP contribution in [0.5, 0.6) is 0 Å². The Hall–Kier alpha value is -1.47. The van der Waals surface area contributed by atoms with Crippen LogP contribution < -0.4 is 10.6 Å². The lowest BCUT2D eigenvalue weighted by molar-refractivity contribution is 0.0493. The van der Waals surface area contributed by atoms with Crippen molar-refractivity contribution in [3.05, 3.63) is 0 Å². The Balaban J connectivity index is 4.16. The first-order valence-electron chi connectivity index (χ1n) is 4.06. The summed E-state index contributed by atoms with van der Waals surface area (Å²) in [5, 5.41) is 30.8. The van der Waals surface area contributed by atoms with E-state index in [0.29, 0.717) is 0 Å². The Bertz CT molecular complexity index is 239. The highest BCUT2D eigenvalue weighted by atomic mass is 16.3. The molecule has 15 heavy (non-hydrogen) atoms. The van der Waals surface area contributed by atoms with Crippen LogP contribution in [0.25, 0.3) is 0 Å². The third-order valence-electron chi connectivity index (χ3n) is 1.67. The number of carbonyl (C=O) groups is 1. The zero-order valence-corrected chi connectivity index (χ0v) is 7.93. The molecule has 5 N–H and O–H groups in total. The first-order chi connectivity index (χ1) is 7.14. The molecule has 0 bridgehead atoms. The molecule has 0 radical (unpaired) electrons. The van der Waals surface area contributed by atoms with Crippen LogP contribution in [0.1, 0.15) is 0 Å². The van der Waals surface area contributed by atoms with Crippen molar-refractivity contribution in [3.63, 3.8) is 0 Å². The number of rotatable bonds is 6. The minimum absolute atomic E-state index is 0.270. The molecule has 0 aliphatic rings. The smallest absolute Gasteiger partial charge is 0.316 e. The van der Waals surface area contributed by atoms with Gasteiger partial charge in [-0.15, -0.1) is 0 Å². The van der Waals surface area contributed by atoms with E-state index in [-0.39, 0.29) is 6.67 Å². The molecule has 0 aromatic heterocycles. The largest absolute Gasteiger partial charge is 0.394 e. The highest BCUT2D eigenvalue weighted by Gasteiger charge is 2.29. The third kappa shape index (κ3) is 4.52. The summed E-state index contributed by atoms with van der Waals surface area (Å²) in [6.07, 6.45) is 1.21. The van der Waals surface area contributed by atoms with Gasteiger partial charge in [-0.3, -0.25) is 0 Å². The minimum atomic E-state index is -1.49. The van der Waals surface area contributed by atoms with Crippen molar-refractivity contribution in [2.45, 2.75) is 5.54 Å². The molecular formula is C7H13N3O5. The zero-order valence-electron chi connectivity index (χ0n) is 7.93. The topological polar surface area (TPSA) is 131 Å². The second-order valence-corrected chi connectivity index (χ2v) is 2.79. The molecular weight excluding hydrogens is 206 g/mol. The van der Waals surface area contributed by atoms with Crippen molar-refractivity contribution in [1.82, 2.24) is 10.6 Å². The summed E-state index contributed by atoms with van der Waals surface area (Å²) < 4.78 is 0. The van der Waals surface area contributed by atoms with E-state index in [2.05, 4.69) is 15.6 Å². The summed E-state index contributed by atoms with van der Waals surface area (Å²) in [4.78, 5) is 23.8. The average molecular weight is 219 g/mol. The highest BCUT2D eigenvalue weighted by Crippen LogP contribution is 2.00. The van der Waals surface area contributed by atoms with Gasteiger partial charge in [0.2, 0.25) is 6.08 Å². The second-order valence-electron chi connectivity index (χ2n) is 2.79. The van der Waals surface area contributed by atoms with Gasteiger partial charge in [-0.2, -0.15) is 4.99 Å². The van der Waals surface area contributed by atoms with Gasteiger partial charge in [0.25, 0.3) is 0 Å². The van der Waals surface area contributed by atoms with Gasteiger partial charge >= 0.3 is 6.03 Å². The van der Waals surface area contributed by atoms with Gasteiger partial charge in [-0.1, -0.05) is 0 Å². The first kappa shape index (κ1) is 13.5. The van der Waals surface area contributed by atoms with Crippen molar-refractivity contribution in [2.24, 2.45) is 4.99 Å². The lowest BCUT2D eigenvalue weighted by atomic mass is 10.0. The molecule has 0 aromatic rings. The molecule has 0 atom stereocenters. The van der Waals surface area contributed by atoms with E-state index in [1.807, 2.05) is 0 Å². The van der Waals surface area contributed by atoms with E-state index in [4.69, 9.17) is 15.3 Å². The lowest BCUT2D eigenvalue weighted by Crippen LogP contribution is -2.59. The summed E-state index contributed by atoms with van der Waals surface area (Å²) in [5.74, 6) is 0. The Morgan fingerprint density at radius 1 is 1.27 bits per heavy atom. The number of hydrogen-bond donors (Lipinski definition) is 5. The molecule has 0 aliphatic heterocycles. The number of isocyanates is 1. The number of hydrogen-bond acceptors (Lipinski definition) is 6. The monoisotopic (exact) mass is 219 g/mol. The summed E-state index contributed by atoms with van der Waals surface area (Å²) in [6.45, 7) is -2.13. The molecule has 0 saturated heterocycles. The number of carbonyl (C=O) groups excluding carboxylic acids is 2. The number of amides is 2. The molecule has 2 amide bonds. The molecule has 0 fully saturated rings. The summed E-state index contributed by atoms with van der Waals surface area (Å²) >= 11 is 0. The Kier molecular flexibility index (Phi) is 6.23. The maximum absolute atomic E-state index is 11.1. The average Bonchev–Trinajstić information content (AvgIpc) is 2.26. The zero-order chi connectivity index (χ0) is 11.7. The van der Waals surface area contributed by atoms with E-state index in [1.54, 1.807) is 0 Å². The quantitative estimate of drug-likeness (QED) is 0.245. The van der Waals surface area contributed by atoms with Crippen LogP contribution in [0.4, 0.5) is 4.79 Å². The number of aliphatic imine (C=N–C) groups is 1. The van der Waals surface area contributed by atoms with Crippen molar-refractivity contribution in [2.75, 3.05) is 26.5 Å². The van der Waals surface area contributed by atoms with Gasteiger partial charge in [0.15, 0.2) is 0 Å². The van der Waals surface area contributed by atoms with Crippen LogP contribution in [-0.2, 0) is 4.79 Å². The predicted octanol–water partition coefficient (Wildman–Crippen LogP) is -2.71. The van der Waals surface area contributed by atoms with E-state index < -0.39 is 31.4 Å². The predicted molar refractivity (Wildman–Crippen MR) is 48.6 cm³/mol. The van der Waals surface area contributed by atoms with E-state index in [0.717, 1.165) is 0 Å². The second kappa shape index (κ2) is 6.91. The van der Waals surface area contributed by atoms with Gasteiger partial charge < -0.3 is 26.0 Å². The van der Waals surface area contributed by atoms with Crippen LogP contribution in [-0.4, -0.2) is 59.5 Å². The molecule has 0 aromatic carbocycles. The maximum atomic E-state index is 11.1. The number of nitrogens with one attached hydrogen (secondary N) is 2. The Labute approximate surface area is 85.6 Å². The van der Waals surface area contributed by atoms with Gasteiger partial charge in [0.05, 0.1) is 19.8 Å². The minimum Gasteiger partial charge on any atom is -0.394 e. The summed E-state index contributed by atoms with van der Waals surface area (Å²) in [5.41, 5.74) is -1.49. The van der Waals surface area contributed by atoms with Crippen molar-refractivity contribution in [3.8, 4) is 0 Å². The van der Waals surface area contributed by atoms with Crippen molar-refractivity contribution >= 4 is 12.1 Å². The number of urea groups is 1. The molecule has 8 heteroatoms. The fourth-order valence-corrected chi connectivity index (χ4v) is 0.697. The molecule has 86 valence electrons. The number of nitrogens with zero attached hydrogens (tertiary/aromatic N) is 1. The molecule has 0 unspecified atom stereocenters. The van der Waals surface area contributed by atoms with Gasteiger partial charge in [0, 0.05) is 0 Å². The van der Waals surface area contributed by atoms with Crippen LogP contribution in [0.15, 0.2) is 4.99 Å². The van der Waals surface area contributed by atoms with E-state index >= 15 is 0 Å². The van der Waals surface area contributed by atoms with Crippen LogP contribution in [0.2, 0.25) is 0 Å². The van der Waals surface area contributed by atoms with E-state index in [1.165, 1.54) is 6.08 Å². The summed E-state index contributed by atoms with van der Waals surface area (Å²) in [7, 11) is 0. The highest BCUT2D eigenvalue weighted by molar-refractivity contribution is 5.74. The normalized spacial score (nSPS) is 10.3. The van der Waals surface area contributed by atoms with Crippen LogP contribution >= 0.6 is 0 Å². The van der Waals surface area contributed by atoms with Crippen LogP contribution in [0, 0.1) is 0 Å². The molecule has 0 spiro atoms. The number of aliphatic hydroxyl groups excluding tert-OH is 3. The standard InChI is InChI=1S/C7H13N3O5/c11-1-7(2-12,3-13)10-6(15)9-4-8-5-14/h11-13H,1-4H2,(H2,9,10,15). The Morgan fingerprint density at radius 3 is 2.20 bits per heavy atom. The van der Waals surface area contributed by atoms with Crippen molar-refractivity contribution in [1.29, 1.82) is 0 Å². The lowest BCUT2D eigenvalue weighted by Gasteiger charge is -2.28. The number of aliphatic hydroxyl groups is 3. The molecule has 0 saturated carbocycles. The maximum Gasteiger partial charge on any atom is 0.316 e.